The minimum absolute atomic E-state index is 0.0797. The zero-order chi connectivity index (χ0) is 23.8. The molecule has 1 aliphatic rings. The summed E-state index contributed by atoms with van der Waals surface area (Å²) in [5, 5.41) is 2.69. The highest BCUT2D eigenvalue weighted by atomic mass is 32.2. The van der Waals surface area contributed by atoms with E-state index in [1.807, 2.05) is 19.9 Å². The molecule has 9 heteroatoms. The van der Waals surface area contributed by atoms with Crippen molar-refractivity contribution in [2.75, 3.05) is 25.1 Å². The number of anilines is 1. The number of hydrogen-bond donors (Lipinski definition) is 1. The summed E-state index contributed by atoms with van der Waals surface area (Å²) in [5.41, 5.74) is 1.60. The Morgan fingerprint density at radius 2 is 1.88 bits per heavy atom. The van der Waals surface area contributed by atoms with Crippen LogP contribution in [0.3, 0.4) is 0 Å². The molecule has 0 spiro atoms. The smallest absolute Gasteiger partial charge is 0.338 e. The predicted molar refractivity (Wildman–Crippen MR) is 129 cm³/mol. The number of thioether (sulfide) groups is 1. The van der Waals surface area contributed by atoms with E-state index in [1.54, 1.807) is 54.3 Å². The highest BCUT2D eigenvalue weighted by molar-refractivity contribution is 8.15. The number of esters is 1. The van der Waals surface area contributed by atoms with Crippen LogP contribution in [0.25, 0.3) is 0 Å². The van der Waals surface area contributed by atoms with E-state index in [0.717, 1.165) is 0 Å². The fraction of sp³-hybridized carbons (Fsp3) is 0.333. The highest BCUT2D eigenvalue weighted by Gasteiger charge is 2.35. The van der Waals surface area contributed by atoms with Crippen molar-refractivity contribution in [3.05, 3.63) is 54.1 Å². The molecule has 0 unspecified atom stereocenters. The SMILES string of the molecule is CCOC(=O)c1ccc(N=C2S[C@H](C(=O)Nc3cccc(OCC)c3)CC(=O)N2CC)cc1. The first-order chi connectivity index (χ1) is 15.9. The van der Waals surface area contributed by atoms with Crippen molar-refractivity contribution < 1.29 is 23.9 Å². The number of carbonyl (C=O) groups is 3. The molecular weight excluding hydrogens is 442 g/mol. The minimum atomic E-state index is -0.617. The van der Waals surface area contributed by atoms with E-state index in [0.29, 0.717) is 47.6 Å². The van der Waals surface area contributed by atoms with Crippen molar-refractivity contribution in [3.63, 3.8) is 0 Å². The van der Waals surface area contributed by atoms with Gasteiger partial charge >= 0.3 is 5.97 Å². The van der Waals surface area contributed by atoms with E-state index in [1.165, 1.54) is 11.8 Å². The highest BCUT2D eigenvalue weighted by Crippen LogP contribution is 2.30. The number of ether oxygens (including phenoxy) is 2. The third kappa shape index (κ3) is 6.35. The van der Waals surface area contributed by atoms with Crippen molar-refractivity contribution in [2.24, 2.45) is 4.99 Å². The second-order valence-electron chi connectivity index (χ2n) is 7.06. The normalized spacial score (nSPS) is 17.1. The van der Waals surface area contributed by atoms with Gasteiger partial charge in [-0.15, -0.1) is 0 Å². The van der Waals surface area contributed by atoms with Crippen LogP contribution in [0.1, 0.15) is 37.6 Å². The molecule has 1 saturated heterocycles. The molecule has 0 aliphatic carbocycles. The summed E-state index contributed by atoms with van der Waals surface area (Å²) in [6.45, 7) is 6.76. The number of benzene rings is 2. The monoisotopic (exact) mass is 469 g/mol. The fourth-order valence-electron chi connectivity index (χ4n) is 3.20. The quantitative estimate of drug-likeness (QED) is 0.581. The second kappa shape index (κ2) is 11.5. The molecule has 1 heterocycles. The number of rotatable bonds is 8. The maximum absolute atomic E-state index is 12.9. The van der Waals surface area contributed by atoms with Crippen molar-refractivity contribution >= 4 is 46.1 Å². The molecule has 0 radical (unpaired) electrons. The first-order valence-corrected chi connectivity index (χ1v) is 11.7. The predicted octanol–water partition coefficient (Wildman–Crippen LogP) is 4.24. The Labute approximate surface area is 197 Å². The van der Waals surface area contributed by atoms with Crippen LogP contribution < -0.4 is 10.1 Å². The average molecular weight is 470 g/mol. The van der Waals surface area contributed by atoms with Crippen molar-refractivity contribution in [1.82, 2.24) is 4.90 Å². The van der Waals surface area contributed by atoms with E-state index in [4.69, 9.17) is 9.47 Å². The molecule has 33 heavy (non-hydrogen) atoms. The number of amides is 2. The van der Waals surface area contributed by atoms with Crippen LogP contribution >= 0.6 is 11.8 Å². The second-order valence-corrected chi connectivity index (χ2v) is 8.23. The van der Waals surface area contributed by atoms with E-state index in [2.05, 4.69) is 10.3 Å². The molecule has 0 bridgehead atoms. The lowest BCUT2D eigenvalue weighted by Crippen LogP contribution is -2.45. The summed E-state index contributed by atoms with van der Waals surface area (Å²) in [6, 6.07) is 13.7. The van der Waals surface area contributed by atoms with E-state index in [9.17, 15) is 14.4 Å². The molecule has 2 aromatic rings. The first-order valence-electron chi connectivity index (χ1n) is 10.8. The van der Waals surface area contributed by atoms with Crippen LogP contribution in [-0.2, 0) is 14.3 Å². The van der Waals surface area contributed by atoms with Gasteiger partial charge in [-0.3, -0.25) is 14.5 Å². The molecule has 174 valence electrons. The summed E-state index contributed by atoms with van der Waals surface area (Å²) in [4.78, 5) is 43.6. The van der Waals surface area contributed by atoms with Gasteiger partial charge in [-0.1, -0.05) is 17.8 Å². The van der Waals surface area contributed by atoms with Gasteiger partial charge < -0.3 is 14.8 Å². The maximum Gasteiger partial charge on any atom is 0.338 e. The minimum Gasteiger partial charge on any atom is -0.494 e. The Bertz CT molecular complexity index is 1040. The molecule has 1 aliphatic heterocycles. The van der Waals surface area contributed by atoms with Crippen LogP contribution in [0.2, 0.25) is 0 Å². The topological polar surface area (TPSA) is 97.3 Å². The lowest BCUT2D eigenvalue weighted by molar-refractivity contribution is -0.129. The van der Waals surface area contributed by atoms with Gasteiger partial charge in [0.2, 0.25) is 11.8 Å². The zero-order valence-electron chi connectivity index (χ0n) is 18.9. The molecule has 1 N–H and O–H groups in total. The number of nitrogens with one attached hydrogen (secondary N) is 1. The lowest BCUT2D eigenvalue weighted by atomic mass is 10.2. The van der Waals surface area contributed by atoms with Crippen molar-refractivity contribution in [2.45, 2.75) is 32.4 Å². The number of hydrogen-bond acceptors (Lipinski definition) is 7. The largest absolute Gasteiger partial charge is 0.494 e. The van der Waals surface area contributed by atoms with E-state index >= 15 is 0 Å². The Hall–Kier alpha value is -3.33. The molecule has 0 aromatic heterocycles. The lowest BCUT2D eigenvalue weighted by Gasteiger charge is -2.30. The Morgan fingerprint density at radius 3 is 2.55 bits per heavy atom. The molecule has 1 fully saturated rings. The Balaban J connectivity index is 1.76. The number of amidine groups is 1. The number of carbonyl (C=O) groups excluding carboxylic acids is 3. The van der Waals surface area contributed by atoms with Crippen LogP contribution in [0, 0.1) is 0 Å². The average Bonchev–Trinajstić information content (AvgIpc) is 2.80. The molecule has 8 nitrogen and oxygen atoms in total. The third-order valence-corrected chi connectivity index (χ3v) is 5.95. The summed E-state index contributed by atoms with van der Waals surface area (Å²) < 4.78 is 10.5. The van der Waals surface area contributed by atoms with Crippen molar-refractivity contribution in [3.8, 4) is 5.75 Å². The summed E-state index contributed by atoms with van der Waals surface area (Å²) in [7, 11) is 0. The Kier molecular flexibility index (Phi) is 8.48. The number of nitrogens with zero attached hydrogens (tertiary/aromatic N) is 2. The molecule has 3 rings (SSSR count). The van der Waals surface area contributed by atoms with Crippen LogP contribution in [0.15, 0.2) is 53.5 Å². The summed E-state index contributed by atoms with van der Waals surface area (Å²) in [5.74, 6) is -0.183. The summed E-state index contributed by atoms with van der Waals surface area (Å²) in [6.07, 6.45) is 0.0797. The van der Waals surface area contributed by atoms with E-state index < -0.39 is 11.2 Å². The fourth-order valence-corrected chi connectivity index (χ4v) is 4.37. The maximum atomic E-state index is 12.9. The standard InChI is InChI=1S/C24H27N3O5S/c1-4-27-21(28)15-20(22(29)25-18-8-7-9-19(14-18)31-5-2)33-24(27)26-17-12-10-16(11-13-17)23(30)32-6-3/h7-14,20H,4-6,15H2,1-3H3,(H,25,29)/t20-/m0/s1. The van der Waals surface area contributed by atoms with Crippen LogP contribution in [0.5, 0.6) is 5.75 Å². The van der Waals surface area contributed by atoms with Gasteiger partial charge in [0.15, 0.2) is 5.17 Å². The van der Waals surface area contributed by atoms with Crippen LogP contribution in [-0.4, -0.2) is 52.9 Å². The van der Waals surface area contributed by atoms with Crippen LogP contribution in [0.4, 0.5) is 11.4 Å². The Morgan fingerprint density at radius 1 is 1.12 bits per heavy atom. The van der Waals surface area contributed by atoms with Gasteiger partial charge in [0, 0.05) is 24.7 Å². The van der Waals surface area contributed by atoms with Crippen molar-refractivity contribution in [1.29, 1.82) is 0 Å². The van der Waals surface area contributed by atoms with Gasteiger partial charge in [-0.05, 0) is 57.2 Å². The molecular formula is C24H27N3O5S. The van der Waals surface area contributed by atoms with Gasteiger partial charge in [0.1, 0.15) is 11.0 Å². The molecule has 0 saturated carbocycles. The van der Waals surface area contributed by atoms with Gasteiger partial charge in [0.25, 0.3) is 0 Å². The van der Waals surface area contributed by atoms with Gasteiger partial charge in [-0.2, -0.15) is 0 Å². The zero-order valence-corrected chi connectivity index (χ0v) is 19.7. The van der Waals surface area contributed by atoms with Gasteiger partial charge in [0.05, 0.1) is 24.5 Å². The number of aliphatic imine (C=N–C) groups is 1. The molecule has 1 atom stereocenters. The molecule has 2 aromatic carbocycles. The van der Waals surface area contributed by atoms with Gasteiger partial charge in [-0.25, -0.2) is 9.79 Å². The first kappa shape index (κ1) is 24.3. The summed E-state index contributed by atoms with van der Waals surface area (Å²) >= 11 is 1.24. The third-order valence-electron chi connectivity index (χ3n) is 4.76. The molecule has 2 amide bonds. The van der Waals surface area contributed by atoms with E-state index in [-0.39, 0.29) is 18.2 Å².